The lowest BCUT2D eigenvalue weighted by Crippen LogP contribution is -2.51. The van der Waals surface area contributed by atoms with Crippen molar-refractivity contribution in [3.63, 3.8) is 0 Å². The molecule has 88 valence electrons. The molecule has 0 aliphatic rings. The van der Waals surface area contributed by atoms with Gasteiger partial charge in [0, 0.05) is 0 Å². The van der Waals surface area contributed by atoms with E-state index in [1.54, 1.807) is 12.1 Å². The lowest BCUT2D eigenvalue weighted by atomic mass is 10.2. The SMILES string of the molecule is CC(C)(C)[Si](C)(C)c1ccccc1C(=O)O. The van der Waals surface area contributed by atoms with Crippen molar-refractivity contribution >= 4 is 19.2 Å². The van der Waals surface area contributed by atoms with E-state index >= 15 is 0 Å². The predicted octanol–water partition coefficient (Wildman–Crippen LogP) is 3.10. The molecule has 0 bridgehead atoms. The molecule has 0 aromatic heterocycles. The minimum Gasteiger partial charge on any atom is -0.478 e. The molecule has 0 fully saturated rings. The lowest BCUT2D eigenvalue weighted by molar-refractivity contribution is 0.0698. The van der Waals surface area contributed by atoms with Gasteiger partial charge in [-0.3, -0.25) is 0 Å². The number of carboxylic acids is 1. The summed E-state index contributed by atoms with van der Waals surface area (Å²) in [5.41, 5.74) is 0.467. The summed E-state index contributed by atoms with van der Waals surface area (Å²) in [7, 11) is -1.77. The molecule has 0 aliphatic carbocycles. The fourth-order valence-electron chi connectivity index (χ4n) is 1.62. The van der Waals surface area contributed by atoms with Gasteiger partial charge in [-0.25, -0.2) is 4.79 Å². The van der Waals surface area contributed by atoms with Gasteiger partial charge in [-0.2, -0.15) is 0 Å². The first-order valence-electron chi connectivity index (χ1n) is 5.51. The van der Waals surface area contributed by atoms with Crippen molar-refractivity contribution in [1.82, 2.24) is 0 Å². The van der Waals surface area contributed by atoms with Gasteiger partial charge in [-0.15, -0.1) is 0 Å². The third-order valence-corrected chi connectivity index (χ3v) is 9.24. The van der Waals surface area contributed by atoms with Crippen molar-refractivity contribution in [2.24, 2.45) is 0 Å². The monoisotopic (exact) mass is 236 g/mol. The summed E-state index contributed by atoms with van der Waals surface area (Å²) < 4.78 is 0. The van der Waals surface area contributed by atoms with Gasteiger partial charge in [0.25, 0.3) is 0 Å². The van der Waals surface area contributed by atoms with Gasteiger partial charge in [0.1, 0.15) is 0 Å². The highest BCUT2D eigenvalue weighted by Crippen LogP contribution is 2.36. The highest BCUT2D eigenvalue weighted by Gasteiger charge is 2.38. The molecule has 1 N–H and O–H groups in total. The second-order valence-corrected chi connectivity index (χ2v) is 11.0. The topological polar surface area (TPSA) is 37.3 Å². The van der Waals surface area contributed by atoms with Crippen molar-refractivity contribution in [3.8, 4) is 0 Å². The maximum atomic E-state index is 11.2. The molecule has 0 aliphatic heterocycles. The Morgan fingerprint density at radius 3 is 2.12 bits per heavy atom. The molecular weight excluding hydrogens is 216 g/mol. The van der Waals surface area contributed by atoms with E-state index in [9.17, 15) is 9.90 Å². The quantitative estimate of drug-likeness (QED) is 0.801. The zero-order valence-corrected chi connectivity index (χ0v) is 11.7. The average molecular weight is 236 g/mol. The Labute approximate surface area is 98.3 Å². The molecule has 0 spiro atoms. The number of carboxylic acid groups (broad SMARTS) is 1. The van der Waals surface area contributed by atoms with Gasteiger partial charge in [-0.1, -0.05) is 52.1 Å². The normalized spacial score (nSPS) is 12.6. The Kier molecular flexibility index (Phi) is 3.29. The molecule has 1 rings (SSSR count). The van der Waals surface area contributed by atoms with E-state index in [1.165, 1.54) is 0 Å². The van der Waals surface area contributed by atoms with Crippen LogP contribution in [0.1, 0.15) is 31.1 Å². The number of aromatic carboxylic acids is 1. The van der Waals surface area contributed by atoms with Crippen molar-refractivity contribution in [3.05, 3.63) is 29.8 Å². The largest absolute Gasteiger partial charge is 0.478 e. The molecule has 0 unspecified atom stereocenters. The summed E-state index contributed by atoms with van der Waals surface area (Å²) in [6.45, 7) is 11.0. The first-order chi connectivity index (χ1) is 7.18. The minimum absolute atomic E-state index is 0.151. The van der Waals surface area contributed by atoms with Crippen molar-refractivity contribution in [2.45, 2.75) is 38.9 Å². The van der Waals surface area contributed by atoms with Crippen LogP contribution in [-0.2, 0) is 0 Å². The van der Waals surface area contributed by atoms with E-state index in [4.69, 9.17) is 0 Å². The highest BCUT2D eigenvalue weighted by atomic mass is 28.3. The number of hydrogen-bond acceptors (Lipinski definition) is 1. The van der Waals surface area contributed by atoms with Crippen LogP contribution in [0.3, 0.4) is 0 Å². The summed E-state index contributed by atoms with van der Waals surface area (Å²) in [4.78, 5) is 11.2. The summed E-state index contributed by atoms with van der Waals surface area (Å²) in [5.74, 6) is -0.819. The molecule has 1 aromatic carbocycles. The van der Waals surface area contributed by atoms with Crippen LogP contribution in [0, 0.1) is 0 Å². The van der Waals surface area contributed by atoms with Crippen LogP contribution in [0.4, 0.5) is 0 Å². The maximum Gasteiger partial charge on any atom is 0.335 e. The average Bonchev–Trinajstić information content (AvgIpc) is 2.16. The first kappa shape index (κ1) is 13.0. The Bertz CT molecular complexity index is 403. The molecule has 2 nitrogen and oxygen atoms in total. The standard InChI is InChI=1S/C13H20O2Si/c1-13(2,3)16(4,5)11-9-7-6-8-10(11)12(14)15/h6-9H,1-5H3,(H,14,15). The van der Waals surface area contributed by atoms with Gasteiger partial charge in [0.05, 0.1) is 13.6 Å². The van der Waals surface area contributed by atoms with Gasteiger partial charge < -0.3 is 5.11 Å². The van der Waals surface area contributed by atoms with Crippen molar-refractivity contribution in [2.75, 3.05) is 0 Å². The van der Waals surface area contributed by atoms with E-state index in [-0.39, 0.29) is 5.04 Å². The van der Waals surface area contributed by atoms with E-state index in [1.807, 2.05) is 12.1 Å². The summed E-state index contributed by atoms with van der Waals surface area (Å²) in [6, 6.07) is 7.40. The van der Waals surface area contributed by atoms with E-state index in [2.05, 4.69) is 33.9 Å². The second kappa shape index (κ2) is 4.05. The van der Waals surface area contributed by atoms with Crippen LogP contribution < -0.4 is 5.19 Å². The Morgan fingerprint density at radius 1 is 1.19 bits per heavy atom. The molecule has 3 heteroatoms. The fourth-order valence-corrected chi connectivity index (χ4v) is 3.80. The first-order valence-corrected chi connectivity index (χ1v) is 8.51. The molecule has 0 saturated heterocycles. The summed E-state index contributed by atoms with van der Waals surface area (Å²) >= 11 is 0. The van der Waals surface area contributed by atoms with Crippen LogP contribution in [-0.4, -0.2) is 19.1 Å². The number of carbonyl (C=O) groups is 1. The molecule has 16 heavy (non-hydrogen) atoms. The Hall–Kier alpha value is -1.09. The molecule has 0 radical (unpaired) electrons. The van der Waals surface area contributed by atoms with E-state index < -0.39 is 14.0 Å². The number of rotatable bonds is 2. The zero-order chi connectivity index (χ0) is 12.6. The second-order valence-electron chi connectivity index (χ2n) is 5.73. The molecule has 0 atom stereocenters. The van der Waals surface area contributed by atoms with E-state index in [0.29, 0.717) is 5.56 Å². The van der Waals surface area contributed by atoms with Crippen molar-refractivity contribution < 1.29 is 9.90 Å². The summed E-state index contributed by atoms with van der Waals surface area (Å²) in [5, 5.41) is 10.4. The van der Waals surface area contributed by atoms with Gasteiger partial charge in [-0.05, 0) is 16.3 Å². The van der Waals surface area contributed by atoms with Gasteiger partial charge in [0.15, 0.2) is 0 Å². The van der Waals surface area contributed by atoms with Crippen LogP contribution in [0.2, 0.25) is 18.1 Å². The third-order valence-electron chi connectivity index (χ3n) is 3.71. The van der Waals surface area contributed by atoms with Crippen LogP contribution in [0.25, 0.3) is 0 Å². The molecule has 0 heterocycles. The smallest absolute Gasteiger partial charge is 0.335 e. The third kappa shape index (κ3) is 2.19. The number of benzene rings is 1. The number of hydrogen-bond donors (Lipinski definition) is 1. The fraction of sp³-hybridized carbons (Fsp3) is 0.462. The van der Waals surface area contributed by atoms with Gasteiger partial charge >= 0.3 is 5.97 Å². The van der Waals surface area contributed by atoms with Crippen LogP contribution >= 0.6 is 0 Å². The predicted molar refractivity (Wildman–Crippen MR) is 70.2 cm³/mol. The van der Waals surface area contributed by atoms with Crippen LogP contribution in [0.15, 0.2) is 24.3 Å². The Morgan fingerprint density at radius 2 is 1.69 bits per heavy atom. The molecule has 0 saturated carbocycles. The minimum atomic E-state index is -1.77. The molecule has 1 aromatic rings. The highest BCUT2D eigenvalue weighted by molar-refractivity contribution is 6.92. The maximum absolute atomic E-state index is 11.2. The Balaban J connectivity index is 3.39. The van der Waals surface area contributed by atoms with Crippen molar-refractivity contribution in [1.29, 1.82) is 0 Å². The van der Waals surface area contributed by atoms with Crippen LogP contribution in [0.5, 0.6) is 0 Å². The lowest BCUT2D eigenvalue weighted by Gasteiger charge is -2.38. The zero-order valence-electron chi connectivity index (χ0n) is 10.7. The summed E-state index contributed by atoms with van der Waals surface area (Å²) in [6.07, 6.45) is 0. The molecular formula is C13H20O2Si. The molecule has 0 amide bonds. The van der Waals surface area contributed by atoms with Gasteiger partial charge in [0.2, 0.25) is 0 Å². The van der Waals surface area contributed by atoms with E-state index in [0.717, 1.165) is 5.19 Å².